The van der Waals surface area contributed by atoms with Crippen LogP contribution in [0.25, 0.3) is 0 Å². The third-order valence-corrected chi connectivity index (χ3v) is 2.68. The Morgan fingerprint density at radius 2 is 2.04 bits per heavy atom. The Kier molecular flexibility index (Phi) is 8.39. The van der Waals surface area contributed by atoms with Gasteiger partial charge in [-0.25, -0.2) is 9.38 Å². The minimum atomic E-state index is -4.30. The molecule has 0 amide bonds. The van der Waals surface area contributed by atoms with Gasteiger partial charge in [0.15, 0.2) is 5.96 Å². The Morgan fingerprint density at radius 3 is 2.70 bits per heavy atom. The maximum Gasteiger partial charge on any atom is 0.411 e. The molecule has 0 heterocycles. The molecule has 1 aromatic carbocycles. The van der Waals surface area contributed by atoms with Crippen molar-refractivity contribution in [2.45, 2.75) is 26.1 Å². The zero-order valence-corrected chi connectivity index (χ0v) is 12.9. The molecule has 0 aliphatic carbocycles. The summed E-state index contributed by atoms with van der Waals surface area (Å²) in [6.45, 7) is 2.03. The summed E-state index contributed by atoms with van der Waals surface area (Å²) in [5.41, 5.74) is 0.732. The van der Waals surface area contributed by atoms with E-state index < -0.39 is 12.8 Å². The molecule has 0 unspecified atom stereocenters. The van der Waals surface area contributed by atoms with Crippen LogP contribution in [0.2, 0.25) is 0 Å². The van der Waals surface area contributed by atoms with E-state index in [1.165, 1.54) is 12.1 Å². The number of guanidine groups is 1. The molecule has 0 fully saturated rings. The van der Waals surface area contributed by atoms with Gasteiger partial charge < -0.3 is 15.4 Å². The van der Waals surface area contributed by atoms with Crippen LogP contribution in [-0.4, -0.2) is 38.4 Å². The van der Waals surface area contributed by atoms with E-state index in [2.05, 4.69) is 20.4 Å². The molecule has 0 saturated carbocycles. The summed E-state index contributed by atoms with van der Waals surface area (Å²) in [6.07, 6.45) is -3.88. The first-order chi connectivity index (χ1) is 10.9. The topological polar surface area (TPSA) is 45.7 Å². The molecule has 130 valence electrons. The number of rotatable bonds is 8. The lowest BCUT2D eigenvalue weighted by atomic mass is 10.2. The number of nitrogens with zero attached hydrogens (tertiary/aromatic N) is 1. The van der Waals surface area contributed by atoms with Crippen LogP contribution in [0.1, 0.15) is 18.9 Å². The molecule has 0 bridgehead atoms. The lowest BCUT2D eigenvalue weighted by molar-refractivity contribution is -0.173. The zero-order valence-electron chi connectivity index (χ0n) is 12.9. The number of benzene rings is 1. The van der Waals surface area contributed by atoms with Crippen molar-refractivity contribution in [3.05, 3.63) is 35.6 Å². The number of nitrogens with one attached hydrogen (secondary N) is 2. The van der Waals surface area contributed by atoms with Gasteiger partial charge in [-0.15, -0.1) is 0 Å². The van der Waals surface area contributed by atoms with Crippen LogP contribution in [0.4, 0.5) is 17.6 Å². The van der Waals surface area contributed by atoms with E-state index in [1.54, 1.807) is 12.1 Å². The first-order valence-electron chi connectivity index (χ1n) is 7.32. The molecule has 0 saturated heterocycles. The molecule has 0 atom stereocenters. The van der Waals surface area contributed by atoms with Crippen molar-refractivity contribution in [3.8, 4) is 0 Å². The zero-order chi connectivity index (χ0) is 17.1. The summed E-state index contributed by atoms with van der Waals surface area (Å²) >= 11 is 0. The van der Waals surface area contributed by atoms with Gasteiger partial charge in [0.25, 0.3) is 0 Å². The molecule has 23 heavy (non-hydrogen) atoms. The van der Waals surface area contributed by atoms with Gasteiger partial charge in [-0.05, 0) is 31.0 Å². The Bertz CT molecular complexity index is 492. The molecule has 1 aromatic rings. The van der Waals surface area contributed by atoms with Crippen molar-refractivity contribution in [2.75, 3.05) is 26.3 Å². The highest BCUT2D eigenvalue weighted by Crippen LogP contribution is 2.14. The van der Waals surface area contributed by atoms with E-state index >= 15 is 0 Å². The van der Waals surface area contributed by atoms with Gasteiger partial charge in [0.2, 0.25) is 0 Å². The fourth-order valence-corrected chi connectivity index (χ4v) is 1.72. The SMILES string of the molecule is CCNC(=NCc1cccc(F)c1)NCCCOCC(F)(F)F. The maximum atomic E-state index is 13.1. The van der Waals surface area contributed by atoms with Crippen molar-refractivity contribution < 1.29 is 22.3 Å². The molecular formula is C15H21F4N3O. The van der Waals surface area contributed by atoms with E-state index in [-0.39, 0.29) is 12.4 Å². The van der Waals surface area contributed by atoms with Crippen molar-refractivity contribution in [3.63, 3.8) is 0 Å². The van der Waals surface area contributed by atoms with Gasteiger partial charge in [0.05, 0.1) is 6.54 Å². The maximum absolute atomic E-state index is 13.1. The van der Waals surface area contributed by atoms with Crippen LogP contribution >= 0.6 is 0 Å². The number of alkyl halides is 3. The van der Waals surface area contributed by atoms with E-state index in [0.29, 0.717) is 32.0 Å². The third kappa shape index (κ3) is 9.72. The largest absolute Gasteiger partial charge is 0.411 e. The second-order valence-corrected chi connectivity index (χ2v) is 4.77. The van der Waals surface area contributed by atoms with Crippen molar-refractivity contribution in [1.29, 1.82) is 0 Å². The molecular weight excluding hydrogens is 314 g/mol. The monoisotopic (exact) mass is 335 g/mol. The van der Waals surface area contributed by atoms with Crippen molar-refractivity contribution in [1.82, 2.24) is 10.6 Å². The Labute approximate surface area is 132 Å². The highest BCUT2D eigenvalue weighted by molar-refractivity contribution is 5.79. The fraction of sp³-hybridized carbons (Fsp3) is 0.533. The minimum absolute atomic E-state index is 0.00973. The van der Waals surface area contributed by atoms with E-state index in [1.807, 2.05) is 6.92 Å². The van der Waals surface area contributed by atoms with Gasteiger partial charge in [-0.2, -0.15) is 13.2 Å². The van der Waals surface area contributed by atoms with Crippen LogP contribution < -0.4 is 10.6 Å². The minimum Gasteiger partial charge on any atom is -0.372 e. The highest BCUT2D eigenvalue weighted by atomic mass is 19.4. The van der Waals surface area contributed by atoms with Crippen LogP contribution in [0.15, 0.2) is 29.3 Å². The van der Waals surface area contributed by atoms with Gasteiger partial charge >= 0.3 is 6.18 Å². The van der Waals surface area contributed by atoms with Crippen LogP contribution in [0.5, 0.6) is 0 Å². The fourth-order valence-electron chi connectivity index (χ4n) is 1.72. The Hall–Kier alpha value is -1.83. The van der Waals surface area contributed by atoms with E-state index in [0.717, 1.165) is 5.56 Å². The standard InChI is InChI=1S/C15H21F4N3O/c1-2-20-14(21-7-4-8-23-11-15(17,18)19)22-10-12-5-3-6-13(16)9-12/h3,5-6,9H,2,4,7-8,10-11H2,1H3,(H2,20,21,22). The van der Waals surface area contributed by atoms with Gasteiger partial charge in [0.1, 0.15) is 12.4 Å². The summed E-state index contributed by atoms with van der Waals surface area (Å²) < 4.78 is 53.2. The second kappa shape index (κ2) is 10.0. The quantitative estimate of drug-likeness (QED) is 0.332. The van der Waals surface area contributed by atoms with E-state index in [9.17, 15) is 17.6 Å². The Morgan fingerprint density at radius 1 is 1.26 bits per heavy atom. The lowest BCUT2D eigenvalue weighted by Crippen LogP contribution is -2.38. The van der Waals surface area contributed by atoms with Crippen molar-refractivity contribution in [2.24, 2.45) is 4.99 Å². The summed E-state index contributed by atoms with van der Waals surface area (Å²) in [4.78, 5) is 4.29. The normalized spacial score (nSPS) is 12.3. The lowest BCUT2D eigenvalue weighted by Gasteiger charge is -2.12. The van der Waals surface area contributed by atoms with Gasteiger partial charge in [-0.3, -0.25) is 0 Å². The second-order valence-electron chi connectivity index (χ2n) is 4.77. The molecule has 0 aromatic heterocycles. The number of ether oxygens (including phenoxy) is 1. The smallest absolute Gasteiger partial charge is 0.372 e. The summed E-state index contributed by atoms with van der Waals surface area (Å²) in [7, 11) is 0. The Balaban J connectivity index is 2.32. The number of hydrogen-bond acceptors (Lipinski definition) is 2. The number of hydrogen-bond donors (Lipinski definition) is 2. The average Bonchev–Trinajstić information content (AvgIpc) is 2.47. The average molecular weight is 335 g/mol. The third-order valence-electron chi connectivity index (χ3n) is 2.68. The molecule has 0 aliphatic rings. The molecule has 0 aliphatic heterocycles. The van der Waals surface area contributed by atoms with Gasteiger partial charge in [-0.1, -0.05) is 12.1 Å². The summed E-state index contributed by atoms with van der Waals surface area (Å²) in [5.74, 6) is 0.199. The van der Waals surface area contributed by atoms with Gasteiger partial charge in [0, 0.05) is 19.7 Å². The molecule has 4 nitrogen and oxygen atoms in total. The molecule has 1 rings (SSSR count). The number of halogens is 4. The molecule has 0 spiro atoms. The molecule has 0 radical (unpaired) electrons. The molecule has 2 N–H and O–H groups in total. The van der Waals surface area contributed by atoms with Crippen LogP contribution in [-0.2, 0) is 11.3 Å². The van der Waals surface area contributed by atoms with Crippen molar-refractivity contribution >= 4 is 5.96 Å². The first kappa shape index (κ1) is 19.2. The van der Waals surface area contributed by atoms with Crippen LogP contribution in [0, 0.1) is 5.82 Å². The molecule has 8 heteroatoms. The summed E-state index contributed by atoms with van der Waals surface area (Å²) in [5, 5.41) is 5.99. The first-order valence-corrected chi connectivity index (χ1v) is 7.32. The number of aliphatic imine (C=N–C) groups is 1. The predicted molar refractivity (Wildman–Crippen MR) is 80.7 cm³/mol. The highest BCUT2D eigenvalue weighted by Gasteiger charge is 2.27. The predicted octanol–water partition coefficient (Wildman–Crippen LogP) is 2.85. The summed E-state index contributed by atoms with van der Waals surface area (Å²) in [6, 6.07) is 6.13. The van der Waals surface area contributed by atoms with E-state index in [4.69, 9.17) is 0 Å². The van der Waals surface area contributed by atoms with Crippen LogP contribution in [0.3, 0.4) is 0 Å².